The summed E-state index contributed by atoms with van der Waals surface area (Å²) in [6, 6.07) is 14.7. The highest BCUT2D eigenvalue weighted by Gasteiger charge is 2.02. The third-order valence-corrected chi connectivity index (χ3v) is 3.91. The molecule has 88 valence electrons. The summed E-state index contributed by atoms with van der Waals surface area (Å²) in [6.45, 7) is 4.21. The van der Waals surface area contributed by atoms with Crippen LogP contribution in [0, 0.1) is 13.8 Å². The fourth-order valence-corrected chi connectivity index (χ4v) is 2.80. The Labute approximate surface area is 107 Å². The van der Waals surface area contributed by atoms with Crippen LogP contribution in [-0.4, -0.2) is 0 Å². The van der Waals surface area contributed by atoms with Gasteiger partial charge in [-0.1, -0.05) is 29.8 Å². The number of benzene rings is 2. The molecule has 0 unspecified atom stereocenters. The van der Waals surface area contributed by atoms with Gasteiger partial charge in [-0.25, -0.2) is 0 Å². The molecule has 0 aliphatic heterocycles. The van der Waals surface area contributed by atoms with Crippen molar-refractivity contribution >= 4 is 17.4 Å². The second kappa shape index (κ2) is 5.28. The highest BCUT2D eigenvalue weighted by atomic mass is 32.2. The van der Waals surface area contributed by atoms with Crippen LogP contribution in [0.25, 0.3) is 0 Å². The summed E-state index contributed by atoms with van der Waals surface area (Å²) in [7, 11) is 0. The number of hydrogen-bond acceptors (Lipinski definition) is 2. The van der Waals surface area contributed by atoms with Crippen LogP contribution in [0.3, 0.4) is 0 Å². The van der Waals surface area contributed by atoms with Crippen LogP contribution in [0.5, 0.6) is 0 Å². The van der Waals surface area contributed by atoms with Gasteiger partial charge in [0.25, 0.3) is 0 Å². The lowest BCUT2D eigenvalue weighted by molar-refractivity contribution is 1.29. The summed E-state index contributed by atoms with van der Waals surface area (Å²) in [4.78, 5) is 1.31. The Kier molecular flexibility index (Phi) is 3.75. The Hall–Kier alpha value is -1.41. The molecule has 0 aliphatic rings. The Morgan fingerprint density at radius 3 is 2.59 bits per heavy atom. The van der Waals surface area contributed by atoms with E-state index in [9.17, 15) is 0 Å². The smallest absolute Gasteiger partial charge is 0.0346 e. The first kappa shape index (κ1) is 12.1. The Balaban J connectivity index is 2.10. The standard InChI is InChI=1S/C15H17NS/c1-11-5-3-7-14(9-11)17-10-13-6-4-8-15(16)12(13)2/h3-9H,10,16H2,1-2H3. The normalized spacial score (nSPS) is 10.5. The van der Waals surface area contributed by atoms with Crippen molar-refractivity contribution in [3.05, 3.63) is 59.2 Å². The Morgan fingerprint density at radius 1 is 1.06 bits per heavy atom. The van der Waals surface area contributed by atoms with Crippen LogP contribution >= 0.6 is 11.8 Å². The summed E-state index contributed by atoms with van der Waals surface area (Å²) in [5, 5.41) is 0. The van der Waals surface area contributed by atoms with Crippen LogP contribution in [0.15, 0.2) is 47.4 Å². The minimum absolute atomic E-state index is 0.882. The van der Waals surface area contributed by atoms with E-state index < -0.39 is 0 Å². The third kappa shape index (κ3) is 3.04. The maximum atomic E-state index is 5.90. The number of thioether (sulfide) groups is 1. The van der Waals surface area contributed by atoms with Crippen LogP contribution in [0.2, 0.25) is 0 Å². The van der Waals surface area contributed by atoms with Crippen molar-refractivity contribution in [1.82, 2.24) is 0 Å². The summed E-state index contributed by atoms with van der Waals surface area (Å²) >= 11 is 1.85. The molecule has 17 heavy (non-hydrogen) atoms. The van der Waals surface area contributed by atoms with Crippen molar-refractivity contribution in [3.63, 3.8) is 0 Å². The van der Waals surface area contributed by atoms with E-state index in [0.717, 1.165) is 11.4 Å². The molecule has 2 aromatic rings. The zero-order chi connectivity index (χ0) is 12.3. The van der Waals surface area contributed by atoms with Gasteiger partial charge in [0.05, 0.1) is 0 Å². The Bertz CT molecular complexity index is 520. The number of hydrogen-bond donors (Lipinski definition) is 1. The molecule has 0 spiro atoms. The van der Waals surface area contributed by atoms with E-state index in [1.165, 1.54) is 21.6 Å². The van der Waals surface area contributed by atoms with Gasteiger partial charge in [0.15, 0.2) is 0 Å². The third-order valence-electron chi connectivity index (χ3n) is 2.87. The lowest BCUT2D eigenvalue weighted by Gasteiger charge is -2.08. The predicted octanol–water partition coefficient (Wildman–Crippen LogP) is 4.18. The monoisotopic (exact) mass is 243 g/mol. The molecule has 0 aliphatic carbocycles. The largest absolute Gasteiger partial charge is 0.399 e. The van der Waals surface area contributed by atoms with E-state index in [-0.39, 0.29) is 0 Å². The number of nitrogen functional groups attached to an aromatic ring is 1. The maximum Gasteiger partial charge on any atom is 0.0346 e. The fraction of sp³-hybridized carbons (Fsp3) is 0.200. The first-order chi connectivity index (χ1) is 8.16. The van der Waals surface area contributed by atoms with Gasteiger partial charge in [0, 0.05) is 16.3 Å². The first-order valence-corrected chi connectivity index (χ1v) is 6.69. The fourth-order valence-electron chi connectivity index (χ4n) is 1.73. The van der Waals surface area contributed by atoms with Gasteiger partial charge in [0.2, 0.25) is 0 Å². The average molecular weight is 243 g/mol. The summed E-state index contributed by atoms with van der Waals surface area (Å²) in [5.41, 5.74) is 10.6. The molecule has 0 bridgehead atoms. The van der Waals surface area contributed by atoms with Gasteiger partial charge >= 0.3 is 0 Å². The molecule has 0 amide bonds. The van der Waals surface area contributed by atoms with Gasteiger partial charge in [-0.2, -0.15) is 0 Å². The highest BCUT2D eigenvalue weighted by molar-refractivity contribution is 7.98. The second-order valence-electron chi connectivity index (χ2n) is 4.24. The van der Waals surface area contributed by atoms with Crippen molar-refractivity contribution in [3.8, 4) is 0 Å². The SMILES string of the molecule is Cc1cccc(SCc2cccc(N)c2C)c1. The van der Waals surface area contributed by atoms with E-state index in [2.05, 4.69) is 44.2 Å². The molecule has 0 radical (unpaired) electrons. The molecule has 0 saturated carbocycles. The van der Waals surface area contributed by atoms with Crippen molar-refractivity contribution in [1.29, 1.82) is 0 Å². The molecule has 0 aromatic heterocycles. The zero-order valence-corrected chi connectivity index (χ0v) is 11.1. The van der Waals surface area contributed by atoms with Gasteiger partial charge in [-0.15, -0.1) is 11.8 Å². The number of aryl methyl sites for hydroxylation is 1. The zero-order valence-electron chi connectivity index (χ0n) is 10.2. The second-order valence-corrected chi connectivity index (χ2v) is 5.29. The summed E-state index contributed by atoms with van der Waals surface area (Å²) in [5.74, 6) is 0.973. The minimum Gasteiger partial charge on any atom is -0.399 e. The molecule has 2 N–H and O–H groups in total. The van der Waals surface area contributed by atoms with E-state index >= 15 is 0 Å². The average Bonchev–Trinajstić information content (AvgIpc) is 2.31. The minimum atomic E-state index is 0.882. The molecular weight excluding hydrogens is 226 g/mol. The molecule has 0 saturated heterocycles. The number of rotatable bonds is 3. The molecule has 2 aromatic carbocycles. The van der Waals surface area contributed by atoms with Crippen molar-refractivity contribution < 1.29 is 0 Å². The quantitative estimate of drug-likeness (QED) is 0.646. The summed E-state index contributed by atoms with van der Waals surface area (Å²) in [6.07, 6.45) is 0. The van der Waals surface area contributed by atoms with Gasteiger partial charge in [-0.3, -0.25) is 0 Å². The van der Waals surface area contributed by atoms with Crippen LogP contribution in [-0.2, 0) is 5.75 Å². The molecule has 0 atom stereocenters. The van der Waals surface area contributed by atoms with Crippen molar-refractivity contribution in [2.45, 2.75) is 24.5 Å². The predicted molar refractivity (Wildman–Crippen MR) is 76.3 cm³/mol. The highest BCUT2D eigenvalue weighted by Crippen LogP contribution is 2.26. The molecule has 1 nitrogen and oxygen atoms in total. The van der Waals surface area contributed by atoms with Gasteiger partial charge in [0.1, 0.15) is 0 Å². The van der Waals surface area contributed by atoms with Crippen LogP contribution < -0.4 is 5.73 Å². The van der Waals surface area contributed by atoms with E-state index in [1.807, 2.05) is 23.9 Å². The van der Waals surface area contributed by atoms with E-state index in [0.29, 0.717) is 0 Å². The molecule has 0 fully saturated rings. The van der Waals surface area contributed by atoms with Crippen LogP contribution in [0.1, 0.15) is 16.7 Å². The topological polar surface area (TPSA) is 26.0 Å². The lowest BCUT2D eigenvalue weighted by Crippen LogP contribution is -1.93. The number of nitrogens with two attached hydrogens (primary N) is 1. The molecule has 2 rings (SSSR count). The van der Waals surface area contributed by atoms with Crippen molar-refractivity contribution in [2.24, 2.45) is 0 Å². The molecule has 2 heteroatoms. The lowest BCUT2D eigenvalue weighted by atomic mass is 10.1. The van der Waals surface area contributed by atoms with Crippen LogP contribution in [0.4, 0.5) is 5.69 Å². The molecule has 0 heterocycles. The summed E-state index contributed by atoms with van der Waals surface area (Å²) < 4.78 is 0. The number of anilines is 1. The molecular formula is C15H17NS. The van der Waals surface area contributed by atoms with E-state index in [1.54, 1.807) is 0 Å². The maximum absolute atomic E-state index is 5.90. The van der Waals surface area contributed by atoms with Crippen molar-refractivity contribution in [2.75, 3.05) is 5.73 Å². The first-order valence-electron chi connectivity index (χ1n) is 5.70. The van der Waals surface area contributed by atoms with Gasteiger partial charge < -0.3 is 5.73 Å². The van der Waals surface area contributed by atoms with Gasteiger partial charge in [-0.05, 0) is 43.2 Å². The Morgan fingerprint density at radius 2 is 1.82 bits per heavy atom. The van der Waals surface area contributed by atoms with E-state index in [4.69, 9.17) is 5.73 Å².